The minimum absolute atomic E-state index is 0.0721. The lowest BCUT2D eigenvalue weighted by atomic mass is 9.98. The van der Waals surface area contributed by atoms with Crippen LogP contribution in [-0.2, 0) is 4.43 Å². The van der Waals surface area contributed by atoms with Crippen molar-refractivity contribution >= 4 is 20.2 Å². The zero-order valence-corrected chi connectivity index (χ0v) is 21.1. The summed E-state index contributed by atoms with van der Waals surface area (Å²) in [4.78, 5) is 0. The van der Waals surface area contributed by atoms with Gasteiger partial charge < -0.3 is 4.43 Å². The average molecular weight is 429 g/mol. The summed E-state index contributed by atoms with van der Waals surface area (Å²) in [6.45, 7) is 16.3. The Hall–Kier alpha value is -2.58. The van der Waals surface area contributed by atoms with E-state index in [-0.39, 0.29) is 10.1 Å². The van der Waals surface area contributed by atoms with Crippen molar-refractivity contribution in [1.29, 1.82) is 0 Å². The molecule has 0 saturated carbocycles. The molecule has 3 aromatic rings. The molecule has 0 fully saturated rings. The van der Waals surface area contributed by atoms with Gasteiger partial charge in [0.25, 0.3) is 8.32 Å². The Morgan fingerprint density at radius 2 is 1.16 bits per heavy atom. The molecule has 0 aliphatic carbocycles. The third-order valence-corrected chi connectivity index (χ3v) is 12.9. The second-order valence-electron chi connectivity index (χ2n) is 10.5. The number of rotatable bonds is 5. The Bertz CT molecular complexity index is 1010. The highest BCUT2D eigenvalue weighted by molar-refractivity contribution is 6.79. The van der Waals surface area contributed by atoms with E-state index in [0.717, 1.165) is 16.9 Å². The SMILES string of the molecule is CC(C)(C)[Si](C)(O/C(=C\c1ccccc1)c1ccccc1-c1ccccc1)C(C)(C)C. The third kappa shape index (κ3) is 5.02. The van der Waals surface area contributed by atoms with Crippen molar-refractivity contribution in [3.05, 3.63) is 96.1 Å². The maximum atomic E-state index is 7.22. The Kier molecular flexibility index (Phi) is 6.61. The molecular weight excluding hydrogens is 392 g/mol. The third-order valence-electron chi connectivity index (χ3n) is 6.55. The van der Waals surface area contributed by atoms with Gasteiger partial charge in [-0.1, -0.05) is 126 Å². The smallest absolute Gasteiger partial charge is 0.258 e. The summed E-state index contributed by atoms with van der Waals surface area (Å²) in [6.07, 6.45) is 2.21. The van der Waals surface area contributed by atoms with Crippen molar-refractivity contribution in [3.63, 3.8) is 0 Å². The van der Waals surface area contributed by atoms with Crippen LogP contribution in [0.4, 0.5) is 0 Å². The molecule has 0 spiro atoms. The van der Waals surface area contributed by atoms with Crippen molar-refractivity contribution in [2.24, 2.45) is 0 Å². The molecule has 1 nitrogen and oxygen atoms in total. The van der Waals surface area contributed by atoms with Gasteiger partial charge in [0.05, 0.1) is 0 Å². The van der Waals surface area contributed by atoms with Gasteiger partial charge >= 0.3 is 0 Å². The molecule has 0 radical (unpaired) electrons. The van der Waals surface area contributed by atoms with E-state index in [0.29, 0.717) is 0 Å². The largest absolute Gasteiger partial charge is 0.542 e. The molecule has 3 aromatic carbocycles. The number of hydrogen-bond acceptors (Lipinski definition) is 1. The van der Waals surface area contributed by atoms with Crippen LogP contribution in [0.3, 0.4) is 0 Å². The van der Waals surface area contributed by atoms with Crippen molar-refractivity contribution in [2.45, 2.75) is 58.2 Å². The van der Waals surface area contributed by atoms with Gasteiger partial charge in [-0.15, -0.1) is 0 Å². The maximum Gasteiger partial charge on any atom is 0.258 e. The van der Waals surface area contributed by atoms with Gasteiger partial charge in [-0.25, -0.2) is 0 Å². The molecule has 0 aliphatic heterocycles. The van der Waals surface area contributed by atoms with E-state index in [9.17, 15) is 0 Å². The van der Waals surface area contributed by atoms with E-state index in [1.807, 2.05) is 0 Å². The van der Waals surface area contributed by atoms with Crippen LogP contribution in [0.5, 0.6) is 0 Å². The van der Waals surface area contributed by atoms with Gasteiger partial charge in [-0.2, -0.15) is 0 Å². The monoisotopic (exact) mass is 428 g/mol. The lowest BCUT2D eigenvalue weighted by Crippen LogP contribution is -2.51. The normalized spacial score (nSPS) is 13.2. The second kappa shape index (κ2) is 8.88. The first kappa shape index (κ1) is 23.1. The van der Waals surface area contributed by atoms with E-state index in [1.165, 1.54) is 11.1 Å². The van der Waals surface area contributed by atoms with Crippen molar-refractivity contribution in [3.8, 4) is 11.1 Å². The first-order valence-electron chi connectivity index (χ1n) is 11.1. The van der Waals surface area contributed by atoms with Crippen LogP contribution in [0.25, 0.3) is 23.0 Å². The summed E-state index contributed by atoms with van der Waals surface area (Å²) >= 11 is 0. The van der Waals surface area contributed by atoms with Crippen molar-refractivity contribution in [2.75, 3.05) is 0 Å². The fourth-order valence-corrected chi connectivity index (χ4v) is 7.55. The molecular formula is C29H36OSi. The van der Waals surface area contributed by atoms with Crippen LogP contribution in [0.15, 0.2) is 84.9 Å². The fraction of sp³-hybridized carbons (Fsp3) is 0.310. The standard InChI is InChI=1S/C29H36OSi/c1-28(2,3)31(7,29(4,5)6)30-27(22-23-16-10-8-11-17-23)26-21-15-14-20-25(26)24-18-12-9-13-19-24/h8-22H,1-7H3/b27-22-. The summed E-state index contributed by atoms with van der Waals surface area (Å²) in [5.41, 5.74) is 4.70. The summed E-state index contributed by atoms with van der Waals surface area (Å²) in [6, 6.07) is 29.7. The molecule has 3 rings (SSSR count). The predicted octanol–water partition coefficient (Wildman–Crippen LogP) is 9.04. The lowest BCUT2D eigenvalue weighted by molar-refractivity contribution is 0.404. The molecule has 2 heteroatoms. The van der Waals surface area contributed by atoms with Crippen molar-refractivity contribution in [1.82, 2.24) is 0 Å². The van der Waals surface area contributed by atoms with E-state index in [4.69, 9.17) is 4.43 Å². The molecule has 162 valence electrons. The van der Waals surface area contributed by atoms with Crippen molar-refractivity contribution < 1.29 is 4.43 Å². The molecule has 0 saturated heterocycles. The molecule has 0 N–H and O–H groups in total. The zero-order valence-electron chi connectivity index (χ0n) is 20.1. The quantitative estimate of drug-likeness (QED) is 0.224. The number of hydrogen-bond donors (Lipinski definition) is 0. The average Bonchev–Trinajstić information content (AvgIpc) is 2.73. The van der Waals surface area contributed by atoms with E-state index in [1.54, 1.807) is 0 Å². The fourth-order valence-electron chi connectivity index (χ4n) is 4.08. The Morgan fingerprint density at radius 3 is 1.71 bits per heavy atom. The summed E-state index contributed by atoms with van der Waals surface area (Å²) in [7, 11) is -2.24. The van der Waals surface area contributed by atoms with E-state index < -0.39 is 8.32 Å². The molecule has 0 amide bonds. The Balaban J connectivity index is 2.22. The van der Waals surface area contributed by atoms with Gasteiger partial charge in [-0.3, -0.25) is 0 Å². The van der Waals surface area contributed by atoms with Crippen LogP contribution < -0.4 is 0 Å². The van der Waals surface area contributed by atoms with E-state index in [2.05, 4.69) is 139 Å². The first-order chi connectivity index (χ1) is 14.5. The Labute approximate surface area is 189 Å². The molecule has 0 atom stereocenters. The molecule has 31 heavy (non-hydrogen) atoms. The van der Waals surface area contributed by atoms with Crippen LogP contribution in [-0.4, -0.2) is 8.32 Å². The summed E-state index contributed by atoms with van der Waals surface area (Å²) < 4.78 is 7.22. The maximum absolute atomic E-state index is 7.22. The molecule has 0 unspecified atom stereocenters. The van der Waals surface area contributed by atoms with Gasteiger partial charge in [0, 0.05) is 5.56 Å². The van der Waals surface area contributed by atoms with Gasteiger partial charge in [0.1, 0.15) is 5.76 Å². The van der Waals surface area contributed by atoms with Gasteiger partial charge in [0.15, 0.2) is 0 Å². The topological polar surface area (TPSA) is 9.23 Å². The minimum atomic E-state index is -2.24. The highest BCUT2D eigenvalue weighted by Crippen LogP contribution is 2.53. The number of benzene rings is 3. The molecule has 0 aromatic heterocycles. The second-order valence-corrected chi connectivity index (χ2v) is 15.7. The highest BCUT2D eigenvalue weighted by Gasteiger charge is 2.53. The molecule has 0 aliphatic rings. The molecule has 0 bridgehead atoms. The molecule has 0 heterocycles. The first-order valence-corrected chi connectivity index (χ1v) is 13.5. The van der Waals surface area contributed by atoms with Crippen LogP contribution in [0.1, 0.15) is 52.7 Å². The van der Waals surface area contributed by atoms with Crippen LogP contribution >= 0.6 is 0 Å². The summed E-state index contributed by atoms with van der Waals surface area (Å²) in [5, 5.41) is 0.144. The zero-order chi connectivity index (χ0) is 22.7. The van der Waals surface area contributed by atoms with E-state index >= 15 is 0 Å². The minimum Gasteiger partial charge on any atom is -0.542 e. The van der Waals surface area contributed by atoms with Gasteiger partial charge in [0.2, 0.25) is 0 Å². The van der Waals surface area contributed by atoms with Crippen LogP contribution in [0, 0.1) is 0 Å². The van der Waals surface area contributed by atoms with Gasteiger partial charge in [-0.05, 0) is 39.4 Å². The highest BCUT2D eigenvalue weighted by atomic mass is 28.4. The predicted molar refractivity (Wildman–Crippen MR) is 138 cm³/mol. The lowest BCUT2D eigenvalue weighted by Gasteiger charge is -2.48. The van der Waals surface area contributed by atoms with Crippen LogP contribution in [0.2, 0.25) is 16.6 Å². The summed E-state index contributed by atoms with van der Waals surface area (Å²) in [5.74, 6) is 0.963. The Morgan fingerprint density at radius 1 is 0.677 bits per heavy atom.